The fourth-order valence-electron chi connectivity index (χ4n) is 3.63. The molecule has 0 radical (unpaired) electrons. The lowest BCUT2D eigenvalue weighted by molar-refractivity contribution is 0.0761. The maximum atomic E-state index is 12.6. The summed E-state index contributed by atoms with van der Waals surface area (Å²) in [7, 11) is 0. The normalized spacial score (nSPS) is 17.4. The Hall–Kier alpha value is -2.02. The maximum Gasteiger partial charge on any atom is 0.293 e. The fourth-order valence-corrected chi connectivity index (χ4v) is 4.92. The van der Waals surface area contributed by atoms with Gasteiger partial charge >= 0.3 is 0 Å². The quantitative estimate of drug-likeness (QED) is 0.732. The molecule has 0 bridgehead atoms. The zero-order valence-corrected chi connectivity index (χ0v) is 15.1. The second kappa shape index (κ2) is 5.81. The van der Waals surface area contributed by atoms with Gasteiger partial charge in [0.1, 0.15) is 11.2 Å². The monoisotopic (exact) mass is 343 g/mol. The predicted octanol–water partition coefficient (Wildman–Crippen LogP) is 3.26. The van der Waals surface area contributed by atoms with Crippen LogP contribution in [0.25, 0.3) is 15.9 Å². The van der Waals surface area contributed by atoms with Gasteiger partial charge in [0.05, 0.1) is 5.39 Å². The molecule has 0 N–H and O–H groups in total. The number of carbonyl (C=O) groups is 1. The van der Waals surface area contributed by atoms with Crippen LogP contribution in [0.4, 0.5) is 0 Å². The molecule has 0 saturated heterocycles. The van der Waals surface area contributed by atoms with Crippen LogP contribution in [0.2, 0.25) is 0 Å². The summed E-state index contributed by atoms with van der Waals surface area (Å²) < 4.78 is 1.66. The van der Waals surface area contributed by atoms with Crippen LogP contribution in [-0.2, 0) is 6.42 Å². The SMILES string of the molecule is CCN(CC)C(=O)c1nc2c3c4c(sc3ncn2n1)CCC[C@@H]4C. The van der Waals surface area contributed by atoms with Crippen molar-refractivity contribution < 1.29 is 4.79 Å². The molecule has 3 aromatic heterocycles. The molecule has 3 heterocycles. The van der Waals surface area contributed by atoms with Gasteiger partial charge in [-0.05, 0) is 44.6 Å². The third kappa shape index (κ3) is 2.22. The van der Waals surface area contributed by atoms with Crippen LogP contribution in [0.3, 0.4) is 0 Å². The first-order chi connectivity index (χ1) is 11.6. The minimum atomic E-state index is -0.117. The molecule has 4 rings (SSSR count). The van der Waals surface area contributed by atoms with Crippen molar-refractivity contribution in [3.63, 3.8) is 0 Å². The van der Waals surface area contributed by atoms with Crippen LogP contribution < -0.4 is 0 Å². The van der Waals surface area contributed by atoms with E-state index in [2.05, 4.69) is 22.0 Å². The van der Waals surface area contributed by atoms with E-state index in [1.807, 2.05) is 13.8 Å². The Morgan fingerprint density at radius 3 is 2.96 bits per heavy atom. The number of rotatable bonds is 3. The van der Waals surface area contributed by atoms with Gasteiger partial charge < -0.3 is 4.90 Å². The van der Waals surface area contributed by atoms with Crippen LogP contribution in [0.15, 0.2) is 6.33 Å². The summed E-state index contributed by atoms with van der Waals surface area (Å²) in [5, 5.41) is 5.48. The van der Waals surface area contributed by atoms with E-state index in [0.29, 0.717) is 19.0 Å². The number of aryl methyl sites for hydroxylation is 1. The van der Waals surface area contributed by atoms with Crippen LogP contribution in [0.5, 0.6) is 0 Å². The molecule has 7 heteroatoms. The molecule has 0 saturated carbocycles. The summed E-state index contributed by atoms with van der Waals surface area (Å²) in [6, 6.07) is 0. The van der Waals surface area contributed by atoms with Crippen molar-refractivity contribution in [2.75, 3.05) is 13.1 Å². The van der Waals surface area contributed by atoms with Crippen molar-refractivity contribution >= 4 is 33.1 Å². The fraction of sp³-hybridized carbons (Fsp3) is 0.529. The first-order valence-corrected chi connectivity index (χ1v) is 9.41. The molecule has 1 atom stereocenters. The minimum absolute atomic E-state index is 0.117. The molecule has 1 aliphatic carbocycles. The zero-order chi connectivity index (χ0) is 16.8. The molecule has 0 aromatic carbocycles. The van der Waals surface area contributed by atoms with Gasteiger partial charge in [-0.15, -0.1) is 16.4 Å². The van der Waals surface area contributed by atoms with Crippen molar-refractivity contribution in [3.8, 4) is 0 Å². The highest BCUT2D eigenvalue weighted by Gasteiger charge is 2.26. The Morgan fingerprint density at radius 2 is 2.21 bits per heavy atom. The van der Waals surface area contributed by atoms with Gasteiger partial charge in [0.2, 0.25) is 5.82 Å². The smallest absolute Gasteiger partial charge is 0.293 e. The Bertz CT molecular complexity index is 924. The molecule has 1 aliphatic rings. The largest absolute Gasteiger partial charge is 0.336 e. The number of carbonyl (C=O) groups excluding carboxylic acids is 1. The summed E-state index contributed by atoms with van der Waals surface area (Å²) in [5.74, 6) is 0.652. The molecular weight excluding hydrogens is 322 g/mol. The summed E-state index contributed by atoms with van der Waals surface area (Å²) >= 11 is 1.76. The van der Waals surface area contributed by atoms with E-state index in [0.717, 1.165) is 22.3 Å². The molecule has 6 nitrogen and oxygen atoms in total. The highest BCUT2D eigenvalue weighted by Crippen LogP contribution is 2.42. The van der Waals surface area contributed by atoms with Crippen molar-refractivity contribution in [3.05, 3.63) is 22.6 Å². The molecule has 0 spiro atoms. The Morgan fingerprint density at radius 1 is 1.42 bits per heavy atom. The average Bonchev–Trinajstić information content (AvgIpc) is 3.17. The van der Waals surface area contributed by atoms with Crippen molar-refractivity contribution in [1.82, 2.24) is 24.5 Å². The highest BCUT2D eigenvalue weighted by molar-refractivity contribution is 7.19. The van der Waals surface area contributed by atoms with E-state index in [-0.39, 0.29) is 11.7 Å². The molecule has 0 fully saturated rings. The third-order valence-corrected chi connectivity index (χ3v) is 6.09. The lowest BCUT2D eigenvalue weighted by Crippen LogP contribution is -2.31. The lowest BCUT2D eigenvalue weighted by atomic mass is 9.87. The van der Waals surface area contributed by atoms with E-state index in [1.54, 1.807) is 27.1 Å². The number of thiophene rings is 1. The van der Waals surface area contributed by atoms with Crippen molar-refractivity contribution in [1.29, 1.82) is 0 Å². The lowest BCUT2D eigenvalue weighted by Gasteiger charge is -2.18. The molecule has 0 aliphatic heterocycles. The van der Waals surface area contributed by atoms with Gasteiger partial charge in [-0.1, -0.05) is 6.92 Å². The van der Waals surface area contributed by atoms with E-state index in [1.165, 1.54) is 23.3 Å². The number of amides is 1. The third-order valence-electron chi connectivity index (χ3n) is 4.92. The van der Waals surface area contributed by atoms with Crippen LogP contribution in [-0.4, -0.2) is 43.5 Å². The van der Waals surface area contributed by atoms with E-state index in [4.69, 9.17) is 0 Å². The zero-order valence-electron chi connectivity index (χ0n) is 14.2. The number of hydrogen-bond donors (Lipinski definition) is 0. The molecule has 0 unspecified atom stereocenters. The predicted molar refractivity (Wildman–Crippen MR) is 94.8 cm³/mol. The van der Waals surface area contributed by atoms with Gasteiger partial charge in [0.15, 0.2) is 5.65 Å². The Kier molecular flexibility index (Phi) is 3.75. The molecule has 1 amide bonds. The summed E-state index contributed by atoms with van der Waals surface area (Å²) in [6.45, 7) is 7.51. The second-order valence-electron chi connectivity index (χ2n) is 6.34. The number of fused-ring (bicyclic) bond motifs is 5. The molecule has 3 aromatic rings. The number of hydrogen-bond acceptors (Lipinski definition) is 5. The van der Waals surface area contributed by atoms with E-state index < -0.39 is 0 Å². The Balaban J connectivity index is 1.92. The van der Waals surface area contributed by atoms with Crippen molar-refractivity contribution in [2.24, 2.45) is 0 Å². The van der Waals surface area contributed by atoms with Crippen LogP contribution >= 0.6 is 11.3 Å². The first-order valence-electron chi connectivity index (χ1n) is 8.59. The van der Waals surface area contributed by atoms with Crippen molar-refractivity contribution in [2.45, 2.75) is 46.0 Å². The molecule has 24 heavy (non-hydrogen) atoms. The topological polar surface area (TPSA) is 63.4 Å². The summed E-state index contributed by atoms with van der Waals surface area (Å²) in [4.78, 5) is 25.9. The summed E-state index contributed by atoms with van der Waals surface area (Å²) in [6.07, 6.45) is 5.22. The van der Waals surface area contributed by atoms with Crippen LogP contribution in [0.1, 0.15) is 60.6 Å². The Labute approximate surface area is 144 Å². The van der Waals surface area contributed by atoms with Gasteiger partial charge in [-0.2, -0.15) is 0 Å². The first kappa shape index (κ1) is 15.5. The second-order valence-corrected chi connectivity index (χ2v) is 7.42. The molecular formula is C17H21N5OS. The van der Waals surface area contributed by atoms with E-state index >= 15 is 0 Å². The van der Waals surface area contributed by atoms with Crippen LogP contribution in [0, 0.1) is 0 Å². The van der Waals surface area contributed by atoms with Gasteiger partial charge in [-0.25, -0.2) is 14.5 Å². The standard InChI is InChI=1S/C17H21N5OS/c1-4-21(5-2)17(23)14-19-15-13-12-10(3)7-6-8-11(12)24-16(13)18-9-22(15)20-14/h9-10H,4-8H2,1-3H3/t10-/m0/s1. The molecule has 126 valence electrons. The van der Waals surface area contributed by atoms with Gasteiger partial charge in [0, 0.05) is 18.0 Å². The van der Waals surface area contributed by atoms with Gasteiger partial charge in [-0.3, -0.25) is 4.79 Å². The number of aromatic nitrogens is 4. The average molecular weight is 343 g/mol. The maximum absolute atomic E-state index is 12.6. The minimum Gasteiger partial charge on any atom is -0.336 e. The number of nitrogens with zero attached hydrogens (tertiary/aromatic N) is 5. The highest BCUT2D eigenvalue weighted by atomic mass is 32.1. The van der Waals surface area contributed by atoms with Gasteiger partial charge in [0.25, 0.3) is 5.91 Å². The van der Waals surface area contributed by atoms with E-state index in [9.17, 15) is 4.79 Å². The summed E-state index contributed by atoms with van der Waals surface area (Å²) in [5.41, 5.74) is 2.13.